The van der Waals surface area contributed by atoms with Crippen LogP contribution < -0.4 is 0 Å². The summed E-state index contributed by atoms with van der Waals surface area (Å²) in [7, 11) is 0. The maximum Gasteiger partial charge on any atom is 0.00510 e. The number of benzene rings is 2. The van der Waals surface area contributed by atoms with E-state index in [1.807, 2.05) is 0 Å². The van der Waals surface area contributed by atoms with Gasteiger partial charge < -0.3 is 4.90 Å². The minimum atomic E-state index is 0.735. The third kappa shape index (κ3) is 3.25. The molecule has 0 radical (unpaired) electrons. The molecule has 0 N–H and O–H groups in total. The summed E-state index contributed by atoms with van der Waals surface area (Å²) in [6.45, 7) is 3.90. The summed E-state index contributed by atoms with van der Waals surface area (Å²) in [4.78, 5) is 2.70. The molecule has 0 bridgehead atoms. The van der Waals surface area contributed by atoms with Crippen molar-refractivity contribution < 1.29 is 0 Å². The van der Waals surface area contributed by atoms with Crippen LogP contribution >= 0.6 is 0 Å². The van der Waals surface area contributed by atoms with Crippen LogP contribution in [0, 0.1) is 5.92 Å². The average Bonchev–Trinajstić information content (AvgIpc) is 3.25. The molecule has 2 aliphatic rings. The summed E-state index contributed by atoms with van der Waals surface area (Å²) < 4.78 is 0. The van der Waals surface area contributed by atoms with Gasteiger partial charge in [-0.15, -0.1) is 0 Å². The van der Waals surface area contributed by atoms with Crippen molar-refractivity contribution in [2.24, 2.45) is 5.92 Å². The Hall–Kier alpha value is -1.60. The van der Waals surface area contributed by atoms with Crippen LogP contribution in [-0.2, 0) is 6.42 Å². The zero-order valence-electron chi connectivity index (χ0n) is 13.2. The van der Waals surface area contributed by atoms with Crippen molar-refractivity contribution in [3.05, 3.63) is 71.3 Å². The molecule has 1 saturated carbocycles. The lowest BCUT2D eigenvalue weighted by Crippen LogP contribution is -2.23. The molecule has 1 saturated heterocycles. The molecule has 2 fully saturated rings. The Balaban J connectivity index is 1.49. The Bertz CT molecular complexity index is 615. The van der Waals surface area contributed by atoms with Crippen LogP contribution in [0.25, 0.3) is 0 Å². The van der Waals surface area contributed by atoms with E-state index in [9.17, 15) is 0 Å². The Morgan fingerprint density at radius 2 is 1.64 bits per heavy atom. The first-order valence-electron chi connectivity index (χ1n) is 8.72. The van der Waals surface area contributed by atoms with Crippen molar-refractivity contribution >= 4 is 0 Å². The first kappa shape index (κ1) is 14.0. The van der Waals surface area contributed by atoms with Gasteiger partial charge in [0.05, 0.1) is 0 Å². The summed E-state index contributed by atoms with van der Waals surface area (Å²) in [6, 6.07) is 20.0. The van der Waals surface area contributed by atoms with Crippen molar-refractivity contribution in [1.82, 2.24) is 4.90 Å². The highest BCUT2D eigenvalue weighted by Crippen LogP contribution is 2.35. The predicted octanol–water partition coefficient (Wildman–Crippen LogP) is 4.48. The van der Waals surface area contributed by atoms with E-state index in [0.717, 1.165) is 18.3 Å². The third-order valence-corrected chi connectivity index (χ3v) is 5.22. The molecular formula is C21H25N. The topological polar surface area (TPSA) is 3.24 Å². The second-order valence-corrected chi connectivity index (χ2v) is 7.05. The fourth-order valence-corrected chi connectivity index (χ4v) is 3.83. The predicted molar refractivity (Wildman–Crippen MR) is 92.2 cm³/mol. The van der Waals surface area contributed by atoms with E-state index < -0.39 is 0 Å². The molecule has 1 nitrogen and oxygen atoms in total. The van der Waals surface area contributed by atoms with E-state index >= 15 is 0 Å². The van der Waals surface area contributed by atoms with E-state index in [4.69, 9.17) is 0 Å². The zero-order chi connectivity index (χ0) is 14.8. The molecule has 1 heterocycles. The number of likely N-dealkylation sites (tertiary alicyclic amines) is 1. The number of rotatable bonds is 5. The van der Waals surface area contributed by atoms with Crippen LogP contribution in [0.5, 0.6) is 0 Å². The summed E-state index contributed by atoms with van der Waals surface area (Å²) in [6.07, 6.45) is 5.33. The molecule has 0 spiro atoms. The molecule has 1 unspecified atom stereocenters. The van der Waals surface area contributed by atoms with Gasteiger partial charge in [0.15, 0.2) is 0 Å². The molecule has 2 aromatic carbocycles. The van der Waals surface area contributed by atoms with Gasteiger partial charge in [-0.2, -0.15) is 0 Å². The molecule has 2 aromatic rings. The molecule has 1 aliphatic carbocycles. The van der Waals surface area contributed by atoms with Gasteiger partial charge in [0.25, 0.3) is 0 Å². The van der Waals surface area contributed by atoms with Gasteiger partial charge in [-0.1, -0.05) is 54.6 Å². The molecule has 1 aliphatic heterocycles. The summed E-state index contributed by atoms with van der Waals surface area (Å²) >= 11 is 0. The van der Waals surface area contributed by atoms with Crippen LogP contribution in [0.4, 0.5) is 0 Å². The van der Waals surface area contributed by atoms with Crippen molar-refractivity contribution in [3.63, 3.8) is 0 Å². The number of nitrogens with zero attached hydrogens (tertiary/aromatic N) is 1. The monoisotopic (exact) mass is 291 g/mol. The highest BCUT2D eigenvalue weighted by molar-refractivity contribution is 5.35. The second kappa shape index (κ2) is 6.26. The average molecular weight is 291 g/mol. The van der Waals surface area contributed by atoms with Crippen LogP contribution in [0.3, 0.4) is 0 Å². The second-order valence-electron chi connectivity index (χ2n) is 7.05. The van der Waals surface area contributed by atoms with E-state index in [-0.39, 0.29) is 0 Å². The highest BCUT2D eigenvalue weighted by atomic mass is 15.1. The first-order chi connectivity index (χ1) is 10.9. The number of hydrogen-bond donors (Lipinski definition) is 0. The molecule has 4 rings (SSSR count). The Kier molecular flexibility index (Phi) is 3.99. The van der Waals surface area contributed by atoms with Crippen LogP contribution in [-0.4, -0.2) is 24.5 Å². The molecular weight excluding hydrogens is 266 g/mol. The van der Waals surface area contributed by atoms with Gasteiger partial charge in [0, 0.05) is 13.1 Å². The van der Waals surface area contributed by atoms with Crippen molar-refractivity contribution in [1.29, 1.82) is 0 Å². The summed E-state index contributed by atoms with van der Waals surface area (Å²) in [5.74, 6) is 1.75. The normalized spacial score (nSPS) is 22.1. The maximum absolute atomic E-state index is 2.70. The zero-order valence-corrected chi connectivity index (χ0v) is 13.2. The van der Waals surface area contributed by atoms with E-state index in [0.29, 0.717) is 0 Å². The van der Waals surface area contributed by atoms with Crippen molar-refractivity contribution in [2.75, 3.05) is 19.6 Å². The standard InChI is InChI=1S/C21H25N/c1-2-6-17(7-3-1)14-19-8-4-5-9-21(19)20-12-13-22(16-20)15-18-10-11-18/h1-9,18,20H,10-16H2. The summed E-state index contributed by atoms with van der Waals surface area (Å²) in [5.41, 5.74) is 4.53. The van der Waals surface area contributed by atoms with Gasteiger partial charge >= 0.3 is 0 Å². The number of hydrogen-bond acceptors (Lipinski definition) is 1. The molecule has 114 valence electrons. The minimum absolute atomic E-state index is 0.735. The molecule has 1 heteroatoms. The highest BCUT2D eigenvalue weighted by Gasteiger charge is 2.30. The van der Waals surface area contributed by atoms with Gasteiger partial charge in [0.2, 0.25) is 0 Å². The van der Waals surface area contributed by atoms with Crippen molar-refractivity contribution in [2.45, 2.75) is 31.6 Å². The van der Waals surface area contributed by atoms with Gasteiger partial charge in [-0.25, -0.2) is 0 Å². The van der Waals surface area contributed by atoms with E-state index in [1.54, 1.807) is 5.56 Å². The lowest BCUT2D eigenvalue weighted by molar-refractivity contribution is 0.320. The van der Waals surface area contributed by atoms with Gasteiger partial charge in [-0.3, -0.25) is 0 Å². The van der Waals surface area contributed by atoms with Gasteiger partial charge in [-0.05, 0) is 60.8 Å². The lowest BCUT2D eigenvalue weighted by Gasteiger charge is -2.18. The minimum Gasteiger partial charge on any atom is -0.302 e. The van der Waals surface area contributed by atoms with Crippen LogP contribution in [0.15, 0.2) is 54.6 Å². The lowest BCUT2D eigenvalue weighted by atomic mass is 9.90. The van der Waals surface area contributed by atoms with Crippen LogP contribution in [0.1, 0.15) is 41.9 Å². The SMILES string of the molecule is c1ccc(Cc2ccccc2C2CCN(CC3CC3)C2)cc1. The van der Waals surface area contributed by atoms with Gasteiger partial charge in [0.1, 0.15) is 0 Å². The quantitative estimate of drug-likeness (QED) is 0.785. The summed E-state index contributed by atoms with van der Waals surface area (Å²) in [5, 5.41) is 0. The molecule has 0 amide bonds. The molecule has 0 aromatic heterocycles. The van der Waals surface area contributed by atoms with Crippen LogP contribution in [0.2, 0.25) is 0 Å². The largest absolute Gasteiger partial charge is 0.302 e. The third-order valence-electron chi connectivity index (χ3n) is 5.22. The van der Waals surface area contributed by atoms with E-state index in [2.05, 4.69) is 59.5 Å². The Morgan fingerprint density at radius 3 is 2.45 bits per heavy atom. The fraction of sp³-hybridized carbons (Fsp3) is 0.429. The fourth-order valence-electron chi connectivity index (χ4n) is 3.83. The van der Waals surface area contributed by atoms with Crippen molar-refractivity contribution in [3.8, 4) is 0 Å². The maximum atomic E-state index is 2.70. The Labute approximate surface area is 134 Å². The molecule has 22 heavy (non-hydrogen) atoms. The first-order valence-corrected chi connectivity index (χ1v) is 8.72. The molecule has 1 atom stereocenters. The Morgan fingerprint density at radius 1 is 0.864 bits per heavy atom. The van der Waals surface area contributed by atoms with E-state index in [1.165, 1.54) is 50.0 Å². The smallest absolute Gasteiger partial charge is 0.00510 e.